The van der Waals surface area contributed by atoms with Crippen LogP contribution in [0.4, 0.5) is 0 Å². The van der Waals surface area contributed by atoms with Gasteiger partial charge in [-0.25, -0.2) is 4.98 Å². The molecule has 0 amide bonds. The highest BCUT2D eigenvalue weighted by molar-refractivity contribution is 5.75. The van der Waals surface area contributed by atoms with Gasteiger partial charge in [0.2, 0.25) is 0 Å². The first kappa shape index (κ1) is 13.6. The topological polar surface area (TPSA) is 29.9 Å². The van der Waals surface area contributed by atoms with Crippen LogP contribution in [-0.2, 0) is 13.0 Å². The van der Waals surface area contributed by atoms with Crippen LogP contribution in [0.15, 0.2) is 24.3 Å². The van der Waals surface area contributed by atoms with E-state index in [4.69, 9.17) is 4.98 Å². The van der Waals surface area contributed by atoms with Crippen molar-refractivity contribution in [3.63, 3.8) is 0 Å². The molecular formula is C17H25N3. The zero-order valence-corrected chi connectivity index (χ0v) is 12.6. The van der Waals surface area contributed by atoms with Crippen molar-refractivity contribution in [3.8, 4) is 0 Å². The first-order valence-electron chi connectivity index (χ1n) is 7.95. The molecule has 0 radical (unpaired) electrons. The summed E-state index contributed by atoms with van der Waals surface area (Å²) in [5.74, 6) is 2.05. The van der Waals surface area contributed by atoms with Crippen molar-refractivity contribution in [2.24, 2.45) is 5.92 Å². The van der Waals surface area contributed by atoms with Crippen molar-refractivity contribution in [1.82, 2.24) is 14.9 Å². The van der Waals surface area contributed by atoms with Gasteiger partial charge in [0.25, 0.3) is 0 Å². The Bertz CT molecular complexity index is 573. The number of para-hydroxylation sites is 2. The van der Waals surface area contributed by atoms with Crippen LogP contribution in [0.3, 0.4) is 0 Å². The number of nitrogens with zero attached hydrogens (tertiary/aromatic N) is 2. The minimum absolute atomic E-state index is 0.717. The SMILES string of the molecule is CCc1nc2ccccc2n1CCC1CCCC1NC. The molecule has 0 bridgehead atoms. The number of imidazole rings is 1. The smallest absolute Gasteiger partial charge is 0.109 e. The van der Waals surface area contributed by atoms with E-state index in [1.807, 2.05) is 0 Å². The number of rotatable bonds is 5. The van der Waals surface area contributed by atoms with Gasteiger partial charge >= 0.3 is 0 Å². The van der Waals surface area contributed by atoms with Crippen LogP contribution in [0, 0.1) is 5.92 Å². The fourth-order valence-corrected chi connectivity index (χ4v) is 3.70. The van der Waals surface area contributed by atoms with Gasteiger partial charge in [-0.05, 0) is 44.4 Å². The van der Waals surface area contributed by atoms with Crippen molar-refractivity contribution in [2.45, 2.75) is 51.6 Å². The van der Waals surface area contributed by atoms with Crippen molar-refractivity contribution in [1.29, 1.82) is 0 Å². The van der Waals surface area contributed by atoms with Gasteiger partial charge < -0.3 is 9.88 Å². The van der Waals surface area contributed by atoms with Gasteiger partial charge in [-0.2, -0.15) is 0 Å². The molecule has 20 heavy (non-hydrogen) atoms. The van der Waals surface area contributed by atoms with E-state index in [9.17, 15) is 0 Å². The number of nitrogens with one attached hydrogen (secondary N) is 1. The molecule has 2 atom stereocenters. The summed E-state index contributed by atoms with van der Waals surface area (Å²) < 4.78 is 2.43. The Kier molecular flexibility index (Phi) is 4.06. The maximum absolute atomic E-state index is 4.76. The Labute approximate surface area is 121 Å². The zero-order chi connectivity index (χ0) is 13.9. The van der Waals surface area contributed by atoms with Crippen LogP contribution in [0.2, 0.25) is 0 Å². The summed E-state index contributed by atoms with van der Waals surface area (Å²) in [5.41, 5.74) is 2.43. The van der Waals surface area contributed by atoms with E-state index >= 15 is 0 Å². The van der Waals surface area contributed by atoms with Crippen LogP contribution in [0.1, 0.15) is 38.4 Å². The molecule has 1 heterocycles. The zero-order valence-electron chi connectivity index (χ0n) is 12.6. The summed E-state index contributed by atoms with van der Waals surface area (Å²) in [6, 6.07) is 9.23. The first-order chi connectivity index (χ1) is 9.83. The molecule has 0 saturated heterocycles. The molecule has 3 heteroatoms. The minimum atomic E-state index is 0.717. The third kappa shape index (κ3) is 2.47. The maximum Gasteiger partial charge on any atom is 0.109 e. The molecule has 1 aliphatic carbocycles. The summed E-state index contributed by atoms with van der Waals surface area (Å²) >= 11 is 0. The highest BCUT2D eigenvalue weighted by Gasteiger charge is 2.25. The average molecular weight is 271 g/mol. The lowest BCUT2D eigenvalue weighted by Crippen LogP contribution is -2.29. The van der Waals surface area contributed by atoms with E-state index in [0.717, 1.165) is 30.4 Å². The number of hydrogen-bond acceptors (Lipinski definition) is 2. The Morgan fingerprint density at radius 3 is 2.95 bits per heavy atom. The normalized spacial score (nSPS) is 22.7. The standard InChI is InChI=1S/C17H25N3/c1-3-17-19-15-8-4-5-10-16(15)20(17)12-11-13-7-6-9-14(13)18-2/h4-5,8,10,13-14,18H,3,6-7,9,11-12H2,1-2H3. The van der Waals surface area contributed by atoms with E-state index in [1.165, 1.54) is 37.0 Å². The minimum Gasteiger partial charge on any atom is -0.328 e. The molecule has 0 aliphatic heterocycles. The van der Waals surface area contributed by atoms with Gasteiger partial charge in [0.05, 0.1) is 11.0 Å². The highest BCUT2D eigenvalue weighted by atomic mass is 15.1. The summed E-state index contributed by atoms with van der Waals surface area (Å²) in [4.78, 5) is 4.76. The second-order valence-electron chi connectivity index (χ2n) is 5.90. The number of aromatic nitrogens is 2. The van der Waals surface area contributed by atoms with Gasteiger partial charge in [0, 0.05) is 19.0 Å². The van der Waals surface area contributed by atoms with Gasteiger partial charge in [-0.3, -0.25) is 0 Å². The fraction of sp³-hybridized carbons (Fsp3) is 0.588. The average Bonchev–Trinajstić information content (AvgIpc) is 3.08. The Morgan fingerprint density at radius 1 is 1.30 bits per heavy atom. The highest BCUT2D eigenvalue weighted by Crippen LogP contribution is 2.29. The quantitative estimate of drug-likeness (QED) is 0.903. The van der Waals surface area contributed by atoms with Crippen molar-refractivity contribution in [2.75, 3.05) is 7.05 Å². The van der Waals surface area contributed by atoms with E-state index in [0.29, 0.717) is 0 Å². The molecule has 1 fully saturated rings. The van der Waals surface area contributed by atoms with Gasteiger partial charge in [0.15, 0.2) is 0 Å². The molecule has 3 rings (SSSR count). The molecule has 0 spiro atoms. The molecule has 2 unspecified atom stereocenters. The number of hydrogen-bond donors (Lipinski definition) is 1. The second kappa shape index (κ2) is 5.96. The van der Waals surface area contributed by atoms with Crippen molar-refractivity contribution >= 4 is 11.0 Å². The molecule has 1 aromatic carbocycles. The molecule has 1 saturated carbocycles. The maximum atomic E-state index is 4.76. The van der Waals surface area contributed by atoms with Gasteiger partial charge in [-0.15, -0.1) is 0 Å². The summed E-state index contributed by atoms with van der Waals surface area (Å²) in [6.07, 6.45) is 6.36. The lowest BCUT2D eigenvalue weighted by Gasteiger charge is -2.19. The molecular weight excluding hydrogens is 246 g/mol. The van der Waals surface area contributed by atoms with Gasteiger partial charge in [-0.1, -0.05) is 25.5 Å². The van der Waals surface area contributed by atoms with E-state index in [-0.39, 0.29) is 0 Å². The largest absolute Gasteiger partial charge is 0.328 e. The predicted octanol–water partition coefficient (Wildman–Crippen LogP) is 3.38. The van der Waals surface area contributed by atoms with E-state index < -0.39 is 0 Å². The third-order valence-corrected chi connectivity index (χ3v) is 4.80. The second-order valence-corrected chi connectivity index (χ2v) is 5.90. The molecule has 1 N–H and O–H groups in total. The molecule has 1 aliphatic rings. The summed E-state index contributed by atoms with van der Waals surface area (Å²) in [7, 11) is 2.10. The van der Waals surface area contributed by atoms with Crippen molar-refractivity contribution in [3.05, 3.63) is 30.1 Å². The van der Waals surface area contributed by atoms with Gasteiger partial charge in [0.1, 0.15) is 5.82 Å². The number of aryl methyl sites for hydroxylation is 2. The van der Waals surface area contributed by atoms with E-state index in [2.05, 4.69) is 48.1 Å². The molecule has 2 aromatic rings. The Morgan fingerprint density at radius 2 is 2.15 bits per heavy atom. The Hall–Kier alpha value is -1.35. The number of benzene rings is 1. The lowest BCUT2D eigenvalue weighted by molar-refractivity contribution is 0.378. The Balaban J connectivity index is 1.79. The molecule has 1 aromatic heterocycles. The third-order valence-electron chi connectivity index (χ3n) is 4.80. The fourth-order valence-electron chi connectivity index (χ4n) is 3.70. The molecule has 3 nitrogen and oxygen atoms in total. The summed E-state index contributed by atoms with van der Waals surface area (Å²) in [6.45, 7) is 3.30. The van der Waals surface area contributed by atoms with Crippen molar-refractivity contribution < 1.29 is 0 Å². The number of fused-ring (bicyclic) bond motifs is 1. The van der Waals surface area contributed by atoms with Crippen LogP contribution >= 0.6 is 0 Å². The lowest BCUT2D eigenvalue weighted by atomic mass is 9.99. The monoisotopic (exact) mass is 271 g/mol. The van der Waals surface area contributed by atoms with E-state index in [1.54, 1.807) is 0 Å². The van der Waals surface area contributed by atoms with Crippen LogP contribution < -0.4 is 5.32 Å². The van der Waals surface area contributed by atoms with Crippen LogP contribution in [0.25, 0.3) is 11.0 Å². The predicted molar refractivity (Wildman–Crippen MR) is 83.9 cm³/mol. The van der Waals surface area contributed by atoms with Crippen LogP contribution in [0.5, 0.6) is 0 Å². The first-order valence-corrected chi connectivity index (χ1v) is 7.95. The van der Waals surface area contributed by atoms with Crippen LogP contribution in [-0.4, -0.2) is 22.6 Å². The molecule has 108 valence electrons. The summed E-state index contributed by atoms with van der Waals surface area (Å²) in [5, 5.41) is 3.48.